The van der Waals surface area contributed by atoms with Gasteiger partial charge in [-0.25, -0.2) is 4.52 Å². The van der Waals surface area contributed by atoms with Crippen molar-refractivity contribution in [1.29, 1.82) is 0 Å². The number of pyridine rings is 1. The number of benzene rings is 1. The van der Waals surface area contributed by atoms with Crippen molar-refractivity contribution in [2.45, 2.75) is 0 Å². The zero-order valence-electron chi connectivity index (χ0n) is 13.4. The highest BCUT2D eigenvalue weighted by molar-refractivity contribution is 6.30. The maximum absolute atomic E-state index is 12.0. The van der Waals surface area contributed by atoms with Crippen molar-refractivity contribution in [1.82, 2.24) is 19.5 Å². The molecule has 0 aliphatic heterocycles. The molecule has 3 aromatic rings. The van der Waals surface area contributed by atoms with Crippen LogP contribution in [0.1, 0.15) is 10.4 Å². The van der Waals surface area contributed by atoms with Crippen LogP contribution in [-0.2, 0) is 0 Å². The molecule has 0 aliphatic rings. The number of methoxy groups -OCH3 is 1. The molecule has 2 heterocycles. The highest BCUT2D eigenvalue weighted by atomic mass is 35.5. The van der Waals surface area contributed by atoms with Gasteiger partial charge in [-0.1, -0.05) is 11.6 Å². The van der Waals surface area contributed by atoms with E-state index in [4.69, 9.17) is 16.3 Å². The van der Waals surface area contributed by atoms with Gasteiger partial charge in [-0.2, -0.15) is 4.98 Å². The van der Waals surface area contributed by atoms with E-state index in [1.165, 1.54) is 4.90 Å². The second kappa shape index (κ2) is 6.37. The largest absolute Gasteiger partial charge is 0.495 e. The third-order valence-electron chi connectivity index (χ3n) is 3.40. The van der Waals surface area contributed by atoms with E-state index in [0.717, 1.165) is 0 Å². The molecule has 1 amide bonds. The molecule has 2 aromatic heterocycles. The van der Waals surface area contributed by atoms with Crippen LogP contribution in [0.15, 0.2) is 36.5 Å². The van der Waals surface area contributed by atoms with E-state index in [2.05, 4.69) is 15.4 Å². The molecule has 0 atom stereocenters. The summed E-state index contributed by atoms with van der Waals surface area (Å²) in [5.41, 5.74) is 1.87. The highest BCUT2D eigenvalue weighted by Crippen LogP contribution is 2.28. The van der Waals surface area contributed by atoms with Crippen LogP contribution in [-0.4, -0.2) is 46.6 Å². The predicted molar refractivity (Wildman–Crippen MR) is 92.3 cm³/mol. The van der Waals surface area contributed by atoms with Gasteiger partial charge in [-0.15, -0.1) is 5.10 Å². The number of halogens is 1. The predicted octanol–water partition coefficient (Wildman–Crippen LogP) is 2.84. The van der Waals surface area contributed by atoms with Gasteiger partial charge in [0, 0.05) is 25.9 Å². The number of hydrogen-bond acceptors (Lipinski definition) is 5. The zero-order chi connectivity index (χ0) is 17.3. The van der Waals surface area contributed by atoms with Gasteiger partial charge in [0.15, 0.2) is 5.65 Å². The topological polar surface area (TPSA) is 71.8 Å². The molecular weight excluding hydrogens is 330 g/mol. The van der Waals surface area contributed by atoms with Gasteiger partial charge in [0.05, 0.1) is 17.8 Å². The summed E-state index contributed by atoms with van der Waals surface area (Å²) in [6.07, 6.45) is 1.67. The van der Waals surface area contributed by atoms with Gasteiger partial charge in [-0.05, 0) is 30.3 Å². The Kier molecular flexibility index (Phi) is 4.26. The molecule has 0 spiro atoms. The van der Waals surface area contributed by atoms with Crippen molar-refractivity contribution in [3.8, 4) is 5.75 Å². The summed E-state index contributed by atoms with van der Waals surface area (Å²) in [5, 5.41) is 7.97. The lowest BCUT2D eigenvalue weighted by atomic mass is 10.1. The van der Waals surface area contributed by atoms with Gasteiger partial charge in [0.2, 0.25) is 5.95 Å². The van der Waals surface area contributed by atoms with E-state index in [-0.39, 0.29) is 5.91 Å². The van der Waals surface area contributed by atoms with E-state index in [1.54, 1.807) is 62.2 Å². The SMILES string of the molecule is COc1cc(C(=O)N(C)C)ccc1Nc1nc2ccc(Cl)cn2n1. The van der Waals surface area contributed by atoms with E-state index >= 15 is 0 Å². The van der Waals surface area contributed by atoms with Gasteiger partial charge < -0.3 is 15.0 Å². The maximum Gasteiger partial charge on any atom is 0.253 e. The normalized spacial score (nSPS) is 10.7. The molecule has 124 valence electrons. The van der Waals surface area contributed by atoms with E-state index in [0.29, 0.717) is 33.6 Å². The Morgan fingerprint density at radius 3 is 2.79 bits per heavy atom. The number of fused-ring (bicyclic) bond motifs is 1. The number of hydrogen-bond donors (Lipinski definition) is 1. The average Bonchev–Trinajstić information content (AvgIpc) is 2.95. The van der Waals surface area contributed by atoms with Crippen molar-refractivity contribution in [3.63, 3.8) is 0 Å². The molecule has 0 aliphatic carbocycles. The van der Waals surface area contributed by atoms with Gasteiger partial charge >= 0.3 is 0 Å². The van der Waals surface area contributed by atoms with Crippen LogP contribution in [0, 0.1) is 0 Å². The second-order valence-corrected chi connectivity index (χ2v) is 5.76. The third-order valence-corrected chi connectivity index (χ3v) is 3.62. The van der Waals surface area contributed by atoms with Crippen molar-refractivity contribution in [2.24, 2.45) is 0 Å². The molecule has 3 rings (SSSR count). The number of anilines is 2. The smallest absolute Gasteiger partial charge is 0.253 e. The van der Waals surface area contributed by atoms with Crippen molar-refractivity contribution in [2.75, 3.05) is 26.5 Å². The summed E-state index contributed by atoms with van der Waals surface area (Å²) < 4.78 is 6.95. The first-order valence-corrected chi connectivity index (χ1v) is 7.54. The van der Waals surface area contributed by atoms with Crippen LogP contribution in [0.3, 0.4) is 0 Å². The van der Waals surface area contributed by atoms with Crippen LogP contribution >= 0.6 is 11.6 Å². The number of nitrogens with zero attached hydrogens (tertiary/aromatic N) is 4. The Labute approximate surface area is 143 Å². The Bertz CT molecular complexity index is 907. The molecule has 0 radical (unpaired) electrons. The molecule has 24 heavy (non-hydrogen) atoms. The lowest BCUT2D eigenvalue weighted by Crippen LogP contribution is -2.21. The number of carbonyl (C=O) groups is 1. The maximum atomic E-state index is 12.0. The zero-order valence-corrected chi connectivity index (χ0v) is 14.2. The number of amides is 1. The van der Waals surface area contributed by atoms with Gasteiger partial charge in [-0.3, -0.25) is 4.79 Å². The molecular formula is C16H16ClN5O2. The van der Waals surface area contributed by atoms with E-state index in [1.807, 2.05) is 0 Å². The van der Waals surface area contributed by atoms with Gasteiger partial charge in [0.25, 0.3) is 5.91 Å². The first kappa shape index (κ1) is 16.1. The summed E-state index contributed by atoms with van der Waals surface area (Å²) in [6.45, 7) is 0. The fourth-order valence-corrected chi connectivity index (χ4v) is 2.37. The number of carbonyl (C=O) groups excluding carboxylic acids is 1. The summed E-state index contributed by atoms with van der Waals surface area (Å²) >= 11 is 5.94. The van der Waals surface area contributed by atoms with Crippen molar-refractivity contribution in [3.05, 3.63) is 47.1 Å². The molecule has 1 aromatic carbocycles. The van der Waals surface area contributed by atoms with Crippen LogP contribution in [0.25, 0.3) is 5.65 Å². The van der Waals surface area contributed by atoms with Crippen LogP contribution in [0.4, 0.5) is 11.6 Å². The van der Waals surface area contributed by atoms with Crippen molar-refractivity contribution >= 4 is 34.8 Å². The Morgan fingerprint density at radius 2 is 2.08 bits per heavy atom. The van der Waals surface area contributed by atoms with E-state index in [9.17, 15) is 4.79 Å². The minimum absolute atomic E-state index is 0.0969. The molecule has 0 fully saturated rings. The summed E-state index contributed by atoms with van der Waals surface area (Å²) in [5.74, 6) is 0.835. The van der Waals surface area contributed by atoms with Crippen LogP contribution in [0.5, 0.6) is 5.75 Å². The minimum Gasteiger partial charge on any atom is -0.495 e. The Morgan fingerprint density at radius 1 is 1.29 bits per heavy atom. The molecule has 0 saturated carbocycles. The molecule has 0 bridgehead atoms. The minimum atomic E-state index is -0.0969. The lowest BCUT2D eigenvalue weighted by Gasteiger charge is -2.13. The summed E-state index contributed by atoms with van der Waals surface area (Å²) in [6, 6.07) is 8.68. The molecule has 0 saturated heterocycles. The average molecular weight is 346 g/mol. The Balaban J connectivity index is 1.92. The fourth-order valence-electron chi connectivity index (χ4n) is 2.22. The number of nitrogens with one attached hydrogen (secondary N) is 1. The standard InChI is InChI=1S/C16H16ClN5O2/c1-21(2)15(23)10-4-6-12(13(8-10)24-3)18-16-19-14-7-5-11(17)9-22(14)20-16/h4-9H,1-3H3,(H,18,20). The fraction of sp³-hybridized carbons (Fsp3) is 0.188. The lowest BCUT2D eigenvalue weighted by molar-refractivity contribution is 0.0827. The van der Waals surface area contributed by atoms with E-state index < -0.39 is 0 Å². The highest BCUT2D eigenvalue weighted by Gasteiger charge is 2.13. The third kappa shape index (κ3) is 3.11. The molecule has 8 heteroatoms. The monoisotopic (exact) mass is 345 g/mol. The molecule has 0 unspecified atom stereocenters. The molecule has 1 N–H and O–H groups in total. The number of ether oxygens (including phenoxy) is 1. The quantitative estimate of drug-likeness (QED) is 0.787. The second-order valence-electron chi connectivity index (χ2n) is 5.33. The number of rotatable bonds is 4. The number of aromatic nitrogens is 3. The molecule has 7 nitrogen and oxygen atoms in total. The van der Waals surface area contributed by atoms with Gasteiger partial charge in [0.1, 0.15) is 5.75 Å². The van der Waals surface area contributed by atoms with Crippen molar-refractivity contribution < 1.29 is 9.53 Å². The first-order valence-electron chi connectivity index (χ1n) is 7.16. The van der Waals surface area contributed by atoms with Crippen LogP contribution < -0.4 is 10.1 Å². The summed E-state index contributed by atoms with van der Waals surface area (Å²) in [7, 11) is 4.95. The van der Waals surface area contributed by atoms with Crippen LogP contribution in [0.2, 0.25) is 5.02 Å². The Hall–Kier alpha value is -2.80. The summed E-state index contributed by atoms with van der Waals surface area (Å²) in [4.78, 5) is 17.9. The first-order chi connectivity index (χ1) is 11.5.